The van der Waals surface area contributed by atoms with Crippen molar-refractivity contribution in [1.82, 2.24) is 0 Å². The van der Waals surface area contributed by atoms with Crippen molar-refractivity contribution < 1.29 is 19.5 Å². The Bertz CT molecular complexity index is 1450. The van der Waals surface area contributed by atoms with Crippen molar-refractivity contribution in [2.24, 2.45) is 0 Å². The summed E-state index contributed by atoms with van der Waals surface area (Å²) in [6.07, 6.45) is 0. The molecule has 4 aromatic carbocycles. The molecule has 0 unspecified atom stereocenters. The van der Waals surface area contributed by atoms with Crippen LogP contribution in [0.4, 0.5) is 11.4 Å². The summed E-state index contributed by atoms with van der Waals surface area (Å²) in [7, 11) is 0. The van der Waals surface area contributed by atoms with E-state index in [2.05, 4.69) is 10.6 Å². The van der Waals surface area contributed by atoms with E-state index < -0.39 is 11.9 Å². The third-order valence-electron chi connectivity index (χ3n) is 5.05. The normalized spacial score (nSPS) is 10.7. The zero-order valence-electron chi connectivity index (χ0n) is 18.0. The molecule has 3 N–H and O–H groups in total. The first-order chi connectivity index (χ1) is 16.8. The predicted molar refractivity (Wildman–Crippen MR) is 141 cm³/mol. The molecule has 2 amide bonds. The van der Waals surface area contributed by atoms with Gasteiger partial charge in [-0.25, -0.2) is 4.79 Å². The molecule has 176 valence electrons. The molecule has 0 heterocycles. The first-order valence-corrected chi connectivity index (χ1v) is 12.1. The number of carboxylic acid groups (broad SMARTS) is 1. The number of nitrogens with one attached hydrogen (secondary N) is 2. The monoisotopic (exact) mass is 524 g/mol. The van der Waals surface area contributed by atoms with Crippen LogP contribution in [-0.4, -0.2) is 28.6 Å². The molecule has 0 aliphatic carbocycles. The number of thioether (sulfide) groups is 1. The van der Waals surface area contributed by atoms with Crippen LogP contribution in [0.5, 0.6) is 0 Å². The molecule has 0 bridgehead atoms. The van der Waals surface area contributed by atoms with Crippen LogP contribution >= 0.6 is 35.0 Å². The molecule has 0 aromatic heterocycles. The second kappa shape index (κ2) is 10.8. The lowest BCUT2D eigenvalue weighted by Gasteiger charge is -2.11. The van der Waals surface area contributed by atoms with Crippen molar-refractivity contribution in [3.8, 4) is 0 Å². The average molecular weight is 525 g/mol. The minimum atomic E-state index is -1.10. The number of carbonyl (C=O) groups is 3. The Morgan fingerprint density at radius 2 is 1.54 bits per heavy atom. The number of carboxylic acids is 1. The maximum Gasteiger partial charge on any atom is 0.336 e. The van der Waals surface area contributed by atoms with Crippen molar-refractivity contribution in [2.45, 2.75) is 4.90 Å². The van der Waals surface area contributed by atoms with Crippen molar-refractivity contribution >= 4 is 74.9 Å². The van der Waals surface area contributed by atoms with E-state index in [9.17, 15) is 19.5 Å². The summed E-state index contributed by atoms with van der Waals surface area (Å²) in [5, 5.41) is 17.0. The smallest absolute Gasteiger partial charge is 0.336 e. The fraction of sp³-hybridized carbons (Fsp3) is 0.0385. The van der Waals surface area contributed by atoms with Crippen LogP contribution in [-0.2, 0) is 4.79 Å². The lowest BCUT2D eigenvalue weighted by Crippen LogP contribution is -2.14. The molecule has 35 heavy (non-hydrogen) atoms. The van der Waals surface area contributed by atoms with E-state index in [1.165, 1.54) is 17.8 Å². The van der Waals surface area contributed by atoms with Crippen LogP contribution in [0.2, 0.25) is 10.0 Å². The van der Waals surface area contributed by atoms with Crippen LogP contribution in [0, 0.1) is 0 Å². The summed E-state index contributed by atoms with van der Waals surface area (Å²) >= 11 is 13.3. The topological polar surface area (TPSA) is 95.5 Å². The van der Waals surface area contributed by atoms with Crippen LogP contribution in [0.1, 0.15) is 20.7 Å². The Balaban J connectivity index is 1.46. The SMILES string of the molecule is O=C(CSc1cccc(NC(=O)c2cccc3cccc(C(=O)O)c23)c1)Nc1ccc(Cl)cc1Cl. The summed E-state index contributed by atoms with van der Waals surface area (Å²) in [5.41, 5.74) is 1.31. The third kappa shape index (κ3) is 5.95. The number of carbonyl (C=O) groups excluding carboxylic acids is 2. The molecule has 0 saturated heterocycles. The van der Waals surface area contributed by atoms with E-state index in [0.717, 1.165) is 4.90 Å². The highest BCUT2D eigenvalue weighted by Crippen LogP contribution is 2.28. The highest BCUT2D eigenvalue weighted by atomic mass is 35.5. The number of amides is 2. The van der Waals surface area contributed by atoms with Crippen LogP contribution in [0.25, 0.3) is 10.8 Å². The summed E-state index contributed by atoms with van der Waals surface area (Å²) in [4.78, 5) is 37.8. The third-order valence-corrected chi connectivity index (χ3v) is 6.59. The van der Waals surface area contributed by atoms with Crippen molar-refractivity contribution in [2.75, 3.05) is 16.4 Å². The van der Waals surface area contributed by atoms with Gasteiger partial charge in [-0.1, -0.05) is 53.5 Å². The Hall–Kier alpha value is -3.52. The number of fused-ring (bicyclic) bond motifs is 1. The van der Waals surface area contributed by atoms with Gasteiger partial charge in [0.15, 0.2) is 0 Å². The Morgan fingerprint density at radius 1 is 0.829 bits per heavy atom. The molecule has 9 heteroatoms. The molecular formula is C26H18Cl2N2O4S. The Morgan fingerprint density at radius 3 is 2.26 bits per heavy atom. The number of benzene rings is 4. The van der Waals surface area contributed by atoms with E-state index >= 15 is 0 Å². The Kier molecular flexibility index (Phi) is 7.60. The summed E-state index contributed by atoms with van der Waals surface area (Å²) in [6, 6.07) is 21.8. The number of hydrogen-bond donors (Lipinski definition) is 3. The maximum absolute atomic E-state index is 13.0. The molecule has 0 atom stereocenters. The largest absolute Gasteiger partial charge is 0.478 e. The average Bonchev–Trinajstić information content (AvgIpc) is 2.84. The molecule has 6 nitrogen and oxygen atoms in total. The van der Waals surface area contributed by atoms with Gasteiger partial charge in [-0.3, -0.25) is 9.59 Å². The number of halogens is 2. The lowest BCUT2D eigenvalue weighted by molar-refractivity contribution is -0.113. The standard InChI is InChI=1S/C26H18Cl2N2O4S/c27-16-10-11-22(21(28)12-16)30-23(31)14-35-18-7-3-6-17(13-18)29-25(32)19-8-1-4-15-5-2-9-20(24(15)19)26(33)34/h1-13H,14H2,(H,29,32)(H,30,31)(H,33,34). The van der Waals surface area contributed by atoms with Gasteiger partial charge in [0.1, 0.15) is 0 Å². The van der Waals surface area contributed by atoms with Gasteiger partial charge in [0.2, 0.25) is 5.91 Å². The molecule has 0 radical (unpaired) electrons. The van der Waals surface area contributed by atoms with E-state index in [1.54, 1.807) is 66.7 Å². The van der Waals surface area contributed by atoms with Gasteiger partial charge in [0, 0.05) is 26.6 Å². The molecule has 4 aromatic rings. The van der Waals surface area contributed by atoms with Gasteiger partial charge in [-0.2, -0.15) is 0 Å². The molecule has 0 aliphatic rings. The summed E-state index contributed by atoms with van der Waals surface area (Å²) in [5.74, 6) is -1.65. The molecular weight excluding hydrogens is 507 g/mol. The zero-order chi connectivity index (χ0) is 24.9. The summed E-state index contributed by atoms with van der Waals surface area (Å²) in [6.45, 7) is 0. The van der Waals surface area contributed by atoms with Crippen LogP contribution in [0.3, 0.4) is 0 Å². The highest BCUT2D eigenvalue weighted by molar-refractivity contribution is 8.00. The molecule has 0 aliphatic heterocycles. The van der Waals surface area contributed by atoms with Crippen LogP contribution < -0.4 is 10.6 Å². The first-order valence-electron chi connectivity index (χ1n) is 10.4. The zero-order valence-corrected chi connectivity index (χ0v) is 20.4. The van der Waals surface area contributed by atoms with Gasteiger partial charge < -0.3 is 15.7 Å². The van der Waals surface area contributed by atoms with Crippen molar-refractivity contribution in [3.05, 3.63) is 100 Å². The van der Waals surface area contributed by atoms with Gasteiger partial charge in [-0.05, 0) is 53.9 Å². The fourth-order valence-corrected chi connectivity index (χ4v) is 4.71. The van der Waals surface area contributed by atoms with Gasteiger partial charge in [0.25, 0.3) is 5.91 Å². The molecule has 0 spiro atoms. The second-order valence-electron chi connectivity index (χ2n) is 7.46. The first kappa shape index (κ1) is 24.6. The number of anilines is 2. The van der Waals surface area contributed by atoms with E-state index in [-0.39, 0.29) is 22.8 Å². The minimum Gasteiger partial charge on any atom is -0.478 e. The van der Waals surface area contributed by atoms with Crippen molar-refractivity contribution in [3.63, 3.8) is 0 Å². The fourth-order valence-electron chi connectivity index (χ4n) is 3.50. The van der Waals surface area contributed by atoms with E-state index in [4.69, 9.17) is 23.2 Å². The number of rotatable bonds is 7. The maximum atomic E-state index is 13.0. The van der Waals surface area contributed by atoms with Gasteiger partial charge in [-0.15, -0.1) is 11.8 Å². The predicted octanol–water partition coefficient (Wildman–Crippen LogP) is 6.83. The summed E-state index contributed by atoms with van der Waals surface area (Å²) < 4.78 is 0. The van der Waals surface area contributed by atoms with Gasteiger partial charge in [0.05, 0.1) is 22.0 Å². The van der Waals surface area contributed by atoms with Crippen LogP contribution in [0.15, 0.2) is 83.8 Å². The second-order valence-corrected chi connectivity index (χ2v) is 9.35. The lowest BCUT2D eigenvalue weighted by atomic mass is 9.98. The van der Waals surface area contributed by atoms with Gasteiger partial charge >= 0.3 is 5.97 Å². The minimum absolute atomic E-state index is 0.0596. The van der Waals surface area contributed by atoms with E-state index in [1.807, 2.05) is 6.07 Å². The Labute approximate surface area is 215 Å². The molecule has 0 saturated carbocycles. The quantitative estimate of drug-likeness (QED) is 0.230. The van der Waals surface area contributed by atoms with Crippen molar-refractivity contribution in [1.29, 1.82) is 0 Å². The highest BCUT2D eigenvalue weighted by Gasteiger charge is 2.17. The number of aromatic carboxylic acids is 1. The molecule has 4 rings (SSSR count). The molecule has 0 fully saturated rings. The number of hydrogen-bond acceptors (Lipinski definition) is 4. The van der Waals surface area contributed by atoms with E-state index in [0.29, 0.717) is 32.2 Å².